The van der Waals surface area contributed by atoms with Crippen molar-refractivity contribution in [3.63, 3.8) is 0 Å². The van der Waals surface area contributed by atoms with Crippen LogP contribution < -0.4 is 0 Å². The number of amides is 1. The number of hydrogen-bond acceptors (Lipinski definition) is 10. The van der Waals surface area contributed by atoms with Crippen LogP contribution in [0.15, 0.2) is 44.8 Å². The van der Waals surface area contributed by atoms with Crippen LogP contribution in [0.25, 0.3) is 0 Å². The third kappa shape index (κ3) is 6.34. The molecule has 0 atom stereocenters. The van der Waals surface area contributed by atoms with E-state index in [1.807, 2.05) is 12.1 Å². The molecule has 9 nitrogen and oxygen atoms in total. The van der Waals surface area contributed by atoms with E-state index in [1.165, 1.54) is 41.6 Å². The van der Waals surface area contributed by atoms with Gasteiger partial charge in [-0.3, -0.25) is 4.79 Å². The second kappa shape index (κ2) is 11.0. The van der Waals surface area contributed by atoms with Crippen LogP contribution >= 0.6 is 23.5 Å². The standard InChI is InChI=1S/C20H21N3O6S2/c1-13-21-16(29-22-13)11-30-15-7-4-3-6-14(15)20(26)28-9-5-8-23-17(24)12-31-18(23)10-19(25)27-2/h3-4,6-7,10H,5,8-9,11-12H2,1-2H3/b18-10+. The number of carbonyl (C=O) groups is 3. The smallest absolute Gasteiger partial charge is 0.339 e. The van der Waals surface area contributed by atoms with Gasteiger partial charge in [0.25, 0.3) is 0 Å². The largest absolute Gasteiger partial charge is 0.466 e. The highest BCUT2D eigenvalue weighted by atomic mass is 32.2. The second-order valence-corrected chi connectivity index (χ2v) is 8.36. The molecule has 1 aliphatic rings. The number of thioether (sulfide) groups is 2. The van der Waals surface area contributed by atoms with Crippen LogP contribution in [0.5, 0.6) is 0 Å². The lowest BCUT2D eigenvalue weighted by Gasteiger charge is -2.16. The van der Waals surface area contributed by atoms with Gasteiger partial charge in [0.2, 0.25) is 11.8 Å². The Bertz CT molecular complexity index is 991. The molecule has 0 N–H and O–H groups in total. The summed E-state index contributed by atoms with van der Waals surface area (Å²) >= 11 is 2.69. The van der Waals surface area contributed by atoms with Crippen LogP contribution in [0.2, 0.25) is 0 Å². The van der Waals surface area contributed by atoms with Crippen molar-refractivity contribution in [3.8, 4) is 0 Å². The van der Waals surface area contributed by atoms with Crippen molar-refractivity contribution in [2.24, 2.45) is 0 Å². The van der Waals surface area contributed by atoms with E-state index in [0.717, 1.165) is 4.90 Å². The first-order chi connectivity index (χ1) is 15.0. The first kappa shape index (κ1) is 22.9. The summed E-state index contributed by atoms with van der Waals surface area (Å²) in [6.07, 6.45) is 1.73. The van der Waals surface area contributed by atoms with Crippen molar-refractivity contribution >= 4 is 41.4 Å². The maximum Gasteiger partial charge on any atom is 0.339 e. The van der Waals surface area contributed by atoms with Crippen molar-refractivity contribution in [1.82, 2.24) is 15.0 Å². The Hall–Kier alpha value is -2.79. The topological polar surface area (TPSA) is 112 Å². The molecule has 1 aromatic carbocycles. The molecule has 3 rings (SSSR count). The van der Waals surface area contributed by atoms with Crippen molar-refractivity contribution < 1.29 is 28.4 Å². The number of esters is 2. The maximum atomic E-state index is 12.5. The number of rotatable bonds is 9. The van der Waals surface area contributed by atoms with Crippen LogP contribution in [0.3, 0.4) is 0 Å². The Balaban J connectivity index is 1.51. The minimum atomic E-state index is -0.515. The van der Waals surface area contributed by atoms with Gasteiger partial charge >= 0.3 is 11.9 Å². The van der Waals surface area contributed by atoms with Gasteiger partial charge in [-0.15, -0.1) is 11.8 Å². The molecule has 2 heterocycles. The van der Waals surface area contributed by atoms with Crippen LogP contribution in [0.4, 0.5) is 0 Å². The first-order valence-corrected chi connectivity index (χ1v) is 11.4. The normalized spacial score (nSPS) is 14.8. The minimum Gasteiger partial charge on any atom is -0.466 e. The van der Waals surface area contributed by atoms with E-state index in [4.69, 9.17) is 9.26 Å². The summed E-state index contributed by atoms with van der Waals surface area (Å²) in [6, 6.07) is 7.13. The Morgan fingerprint density at radius 1 is 1.35 bits per heavy atom. The summed E-state index contributed by atoms with van der Waals surface area (Å²) in [7, 11) is 1.28. The summed E-state index contributed by atoms with van der Waals surface area (Å²) in [5.41, 5.74) is 0.447. The van der Waals surface area contributed by atoms with Crippen molar-refractivity contribution in [2.45, 2.75) is 24.0 Å². The fourth-order valence-electron chi connectivity index (χ4n) is 2.69. The summed E-state index contributed by atoms with van der Waals surface area (Å²) in [5.74, 6) is 0.694. The van der Waals surface area contributed by atoms with Crippen LogP contribution in [-0.4, -0.2) is 58.9 Å². The zero-order chi connectivity index (χ0) is 22.2. The van der Waals surface area contributed by atoms with Gasteiger partial charge < -0.3 is 18.9 Å². The highest BCUT2D eigenvalue weighted by molar-refractivity contribution is 8.04. The number of nitrogens with zero attached hydrogens (tertiary/aromatic N) is 3. The molecular formula is C20H21N3O6S2. The minimum absolute atomic E-state index is 0.0931. The van der Waals surface area contributed by atoms with Gasteiger partial charge in [0.05, 0.1) is 41.9 Å². The molecule has 1 aliphatic heterocycles. The van der Waals surface area contributed by atoms with E-state index >= 15 is 0 Å². The zero-order valence-electron chi connectivity index (χ0n) is 17.0. The van der Waals surface area contributed by atoms with Gasteiger partial charge in [0.1, 0.15) is 0 Å². The SMILES string of the molecule is COC(=O)/C=C1/SCC(=O)N1CCCOC(=O)c1ccccc1SCc1nc(C)no1. The van der Waals surface area contributed by atoms with E-state index in [-0.39, 0.29) is 18.3 Å². The van der Waals surface area contributed by atoms with Crippen molar-refractivity contribution in [3.05, 3.63) is 52.6 Å². The number of aromatic nitrogens is 2. The monoisotopic (exact) mass is 463 g/mol. The Labute approximate surface area is 187 Å². The number of methoxy groups -OCH3 is 1. The Morgan fingerprint density at radius 3 is 2.90 bits per heavy atom. The van der Waals surface area contributed by atoms with Crippen LogP contribution in [0.1, 0.15) is 28.5 Å². The van der Waals surface area contributed by atoms with E-state index in [1.54, 1.807) is 19.1 Å². The molecule has 0 radical (unpaired) electrons. The third-order valence-corrected chi connectivity index (χ3v) is 6.22. The molecule has 1 amide bonds. The van der Waals surface area contributed by atoms with Gasteiger partial charge in [-0.25, -0.2) is 9.59 Å². The number of carbonyl (C=O) groups excluding carboxylic acids is 3. The molecule has 0 unspecified atom stereocenters. The van der Waals surface area contributed by atoms with Crippen LogP contribution in [-0.2, 0) is 24.8 Å². The highest BCUT2D eigenvalue weighted by Crippen LogP contribution is 2.29. The predicted octanol–water partition coefficient (Wildman–Crippen LogP) is 2.81. The van der Waals surface area contributed by atoms with Gasteiger partial charge in [-0.05, 0) is 25.5 Å². The molecule has 1 saturated heterocycles. The van der Waals surface area contributed by atoms with E-state index < -0.39 is 11.9 Å². The van der Waals surface area contributed by atoms with Gasteiger partial charge in [-0.2, -0.15) is 4.98 Å². The average molecular weight is 464 g/mol. The number of benzene rings is 1. The fraction of sp³-hybridized carbons (Fsp3) is 0.350. The molecule has 0 aliphatic carbocycles. The molecule has 31 heavy (non-hydrogen) atoms. The predicted molar refractivity (Wildman–Crippen MR) is 114 cm³/mol. The van der Waals surface area contributed by atoms with Gasteiger partial charge in [0.15, 0.2) is 5.82 Å². The lowest BCUT2D eigenvalue weighted by Crippen LogP contribution is -2.27. The fourth-order valence-corrected chi connectivity index (χ4v) is 4.53. The van der Waals surface area contributed by atoms with E-state index in [9.17, 15) is 14.4 Å². The summed E-state index contributed by atoms with van der Waals surface area (Å²) in [5, 5.41) is 4.29. The summed E-state index contributed by atoms with van der Waals surface area (Å²) in [6.45, 7) is 2.22. The Kier molecular flexibility index (Phi) is 8.13. The first-order valence-electron chi connectivity index (χ1n) is 9.39. The average Bonchev–Trinajstić information content (AvgIpc) is 3.34. The lowest BCUT2D eigenvalue weighted by molar-refractivity contribution is -0.134. The Morgan fingerprint density at radius 2 is 2.16 bits per heavy atom. The zero-order valence-corrected chi connectivity index (χ0v) is 18.7. The lowest BCUT2D eigenvalue weighted by atomic mass is 10.2. The van der Waals surface area contributed by atoms with Crippen LogP contribution in [0, 0.1) is 6.92 Å². The number of aryl methyl sites for hydroxylation is 1. The number of hydrogen-bond donors (Lipinski definition) is 0. The molecule has 11 heteroatoms. The molecular weight excluding hydrogens is 442 g/mol. The highest BCUT2D eigenvalue weighted by Gasteiger charge is 2.27. The molecule has 0 bridgehead atoms. The third-order valence-electron chi connectivity index (χ3n) is 4.14. The molecule has 0 saturated carbocycles. The number of ether oxygens (including phenoxy) is 2. The maximum absolute atomic E-state index is 12.5. The van der Waals surface area contributed by atoms with Crippen molar-refractivity contribution in [1.29, 1.82) is 0 Å². The second-order valence-electron chi connectivity index (χ2n) is 6.35. The molecule has 2 aromatic rings. The summed E-state index contributed by atoms with van der Waals surface area (Å²) in [4.78, 5) is 42.4. The van der Waals surface area contributed by atoms with E-state index in [0.29, 0.717) is 41.0 Å². The summed E-state index contributed by atoms with van der Waals surface area (Å²) < 4.78 is 15.1. The molecule has 1 aromatic heterocycles. The molecule has 0 spiro atoms. The molecule has 1 fully saturated rings. The molecule has 164 valence electrons. The van der Waals surface area contributed by atoms with E-state index in [2.05, 4.69) is 14.9 Å². The quantitative estimate of drug-likeness (QED) is 0.238. The van der Waals surface area contributed by atoms with Gasteiger partial charge in [0, 0.05) is 11.4 Å². The van der Waals surface area contributed by atoms with Gasteiger partial charge in [-0.1, -0.05) is 29.1 Å². The van der Waals surface area contributed by atoms with Crippen molar-refractivity contribution in [2.75, 3.05) is 26.0 Å².